The Labute approximate surface area is 94.0 Å². The summed E-state index contributed by atoms with van der Waals surface area (Å²) in [6, 6.07) is 0.709. The van der Waals surface area contributed by atoms with Crippen molar-refractivity contribution < 1.29 is 0 Å². The summed E-state index contributed by atoms with van der Waals surface area (Å²) in [5, 5.41) is 3.79. The number of nitrogens with two attached hydrogens (primary N) is 1. The average molecular weight is 210 g/mol. The lowest BCUT2D eigenvalue weighted by molar-refractivity contribution is 0.136. The lowest BCUT2D eigenvalue weighted by Crippen LogP contribution is -2.47. The Morgan fingerprint density at radius 2 is 1.93 bits per heavy atom. The lowest BCUT2D eigenvalue weighted by atomic mass is 9.70. The normalized spacial score (nSPS) is 34.8. The van der Waals surface area contributed by atoms with Gasteiger partial charge < -0.3 is 11.1 Å². The molecule has 2 atom stereocenters. The van der Waals surface area contributed by atoms with Gasteiger partial charge >= 0.3 is 0 Å². The van der Waals surface area contributed by atoms with Gasteiger partial charge in [0.15, 0.2) is 0 Å². The Morgan fingerprint density at radius 1 is 1.20 bits per heavy atom. The second-order valence-electron chi connectivity index (χ2n) is 5.93. The second kappa shape index (κ2) is 4.84. The van der Waals surface area contributed by atoms with E-state index in [4.69, 9.17) is 5.73 Å². The summed E-state index contributed by atoms with van der Waals surface area (Å²) in [6.45, 7) is 4.51. The van der Waals surface area contributed by atoms with Gasteiger partial charge in [0.2, 0.25) is 0 Å². The molecule has 2 aliphatic rings. The van der Waals surface area contributed by atoms with Crippen molar-refractivity contribution in [3.63, 3.8) is 0 Å². The molecular weight excluding hydrogens is 184 g/mol. The highest BCUT2D eigenvalue weighted by Gasteiger charge is 2.33. The zero-order valence-corrected chi connectivity index (χ0v) is 10.1. The fourth-order valence-electron chi connectivity index (χ4n) is 3.09. The molecule has 0 saturated heterocycles. The molecule has 2 rings (SSSR count). The summed E-state index contributed by atoms with van der Waals surface area (Å²) in [4.78, 5) is 0. The summed E-state index contributed by atoms with van der Waals surface area (Å²) in [5.74, 6) is 0.738. The Balaban J connectivity index is 1.76. The highest BCUT2D eigenvalue weighted by atomic mass is 14.9. The van der Waals surface area contributed by atoms with Crippen LogP contribution in [0.4, 0.5) is 0 Å². The molecule has 0 heterocycles. The van der Waals surface area contributed by atoms with E-state index in [1.165, 1.54) is 51.5 Å². The van der Waals surface area contributed by atoms with Gasteiger partial charge in [-0.3, -0.25) is 0 Å². The fourth-order valence-corrected chi connectivity index (χ4v) is 3.09. The standard InChI is InChI=1S/C13H26N2/c1-13(7-4-8-13)10-15-12-6-3-2-5-11(12)9-14/h11-12,15H,2-10,14H2,1H3. The predicted molar refractivity (Wildman–Crippen MR) is 64.8 cm³/mol. The summed E-state index contributed by atoms with van der Waals surface area (Å²) >= 11 is 0. The average Bonchev–Trinajstić information content (AvgIpc) is 2.24. The van der Waals surface area contributed by atoms with Crippen molar-refractivity contribution in [2.24, 2.45) is 17.1 Å². The van der Waals surface area contributed by atoms with Gasteiger partial charge in [0.25, 0.3) is 0 Å². The molecule has 3 N–H and O–H groups in total. The third-order valence-corrected chi connectivity index (χ3v) is 4.56. The molecule has 0 radical (unpaired) electrons. The molecule has 0 bridgehead atoms. The van der Waals surface area contributed by atoms with Crippen molar-refractivity contribution in [2.75, 3.05) is 13.1 Å². The van der Waals surface area contributed by atoms with Crippen molar-refractivity contribution in [3.05, 3.63) is 0 Å². The van der Waals surface area contributed by atoms with Crippen LogP contribution < -0.4 is 11.1 Å². The first-order valence-corrected chi connectivity index (χ1v) is 6.67. The highest BCUT2D eigenvalue weighted by Crippen LogP contribution is 2.39. The van der Waals surface area contributed by atoms with Crippen molar-refractivity contribution >= 4 is 0 Å². The minimum atomic E-state index is 0.608. The number of nitrogens with one attached hydrogen (secondary N) is 1. The van der Waals surface area contributed by atoms with Crippen molar-refractivity contribution in [1.82, 2.24) is 5.32 Å². The molecule has 2 saturated carbocycles. The Kier molecular flexibility index (Phi) is 3.68. The predicted octanol–water partition coefficient (Wildman–Crippen LogP) is 2.28. The van der Waals surface area contributed by atoms with Crippen LogP contribution in [0.3, 0.4) is 0 Å². The molecule has 0 aliphatic heterocycles. The summed E-state index contributed by atoms with van der Waals surface area (Å²) in [6.07, 6.45) is 9.73. The van der Waals surface area contributed by atoms with Crippen LogP contribution in [0.1, 0.15) is 51.9 Å². The summed E-state index contributed by atoms with van der Waals surface area (Å²) < 4.78 is 0. The van der Waals surface area contributed by atoms with Gasteiger partial charge in [-0.1, -0.05) is 26.2 Å². The smallest absolute Gasteiger partial charge is 0.0108 e. The van der Waals surface area contributed by atoms with Gasteiger partial charge in [-0.15, -0.1) is 0 Å². The van der Waals surface area contributed by atoms with Gasteiger partial charge in [-0.25, -0.2) is 0 Å². The molecule has 2 nitrogen and oxygen atoms in total. The Bertz CT molecular complexity index is 199. The Morgan fingerprint density at radius 3 is 2.53 bits per heavy atom. The third kappa shape index (κ3) is 2.73. The van der Waals surface area contributed by atoms with Gasteiger partial charge in [0.1, 0.15) is 0 Å². The topological polar surface area (TPSA) is 38.0 Å². The molecule has 2 aliphatic carbocycles. The van der Waals surface area contributed by atoms with Crippen LogP contribution in [0.25, 0.3) is 0 Å². The van der Waals surface area contributed by atoms with Crippen LogP contribution in [0, 0.1) is 11.3 Å². The maximum absolute atomic E-state index is 5.84. The number of hydrogen-bond donors (Lipinski definition) is 2. The minimum Gasteiger partial charge on any atom is -0.330 e. The lowest BCUT2D eigenvalue weighted by Gasteiger charge is -2.41. The molecule has 0 amide bonds. The van der Waals surface area contributed by atoms with Crippen LogP contribution in [-0.4, -0.2) is 19.1 Å². The number of hydrogen-bond acceptors (Lipinski definition) is 2. The monoisotopic (exact) mass is 210 g/mol. The van der Waals surface area contributed by atoms with Crippen molar-refractivity contribution in [1.29, 1.82) is 0 Å². The van der Waals surface area contributed by atoms with E-state index < -0.39 is 0 Å². The zero-order chi connectivity index (χ0) is 10.7. The SMILES string of the molecule is CC1(CNC2CCCCC2CN)CCC1. The van der Waals surface area contributed by atoms with Gasteiger partial charge in [-0.2, -0.15) is 0 Å². The molecular formula is C13H26N2. The third-order valence-electron chi connectivity index (χ3n) is 4.56. The molecule has 2 heteroatoms. The van der Waals surface area contributed by atoms with E-state index in [0.29, 0.717) is 11.5 Å². The number of rotatable bonds is 4. The molecule has 0 aromatic rings. The largest absolute Gasteiger partial charge is 0.330 e. The van der Waals surface area contributed by atoms with Crippen LogP contribution >= 0.6 is 0 Å². The van der Waals surface area contributed by atoms with E-state index in [2.05, 4.69) is 12.2 Å². The first-order chi connectivity index (χ1) is 7.23. The molecule has 0 aromatic carbocycles. The highest BCUT2D eigenvalue weighted by molar-refractivity contribution is 4.89. The second-order valence-corrected chi connectivity index (χ2v) is 5.93. The van der Waals surface area contributed by atoms with Crippen molar-refractivity contribution in [2.45, 2.75) is 57.9 Å². The quantitative estimate of drug-likeness (QED) is 0.747. The molecule has 88 valence electrons. The van der Waals surface area contributed by atoms with Gasteiger partial charge in [0, 0.05) is 12.6 Å². The summed E-state index contributed by atoms with van der Waals surface area (Å²) in [5.41, 5.74) is 6.45. The van der Waals surface area contributed by atoms with E-state index in [9.17, 15) is 0 Å². The van der Waals surface area contributed by atoms with E-state index >= 15 is 0 Å². The molecule has 0 aromatic heterocycles. The fraction of sp³-hybridized carbons (Fsp3) is 1.00. The first kappa shape index (κ1) is 11.4. The van der Waals surface area contributed by atoms with Crippen LogP contribution in [0.2, 0.25) is 0 Å². The summed E-state index contributed by atoms with van der Waals surface area (Å²) in [7, 11) is 0. The van der Waals surface area contributed by atoms with E-state index in [0.717, 1.165) is 12.5 Å². The maximum Gasteiger partial charge on any atom is 0.0108 e. The van der Waals surface area contributed by atoms with Gasteiger partial charge in [0.05, 0.1) is 0 Å². The molecule has 2 fully saturated rings. The molecule has 15 heavy (non-hydrogen) atoms. The Hall–Kier alpha value is -0.0800. The maximum atomic E-state index is 5.84. The zero-order valence-electron chi connectivity index (χ0n) is 10.1. The molecule has 0 spiro atoms. The minimum absolute atomic E-state index is 0.608. The first-order valence-electron chi connectivity index (χ1n) is 6.67. The van der Waals surface area contributed by atoms with Crippen molar-refractivity contribution in [3.8, 4) is 0 Å². The van der Waals surface area contributed by atoms with E-state index in [1.54, 1.807) is 0 Å². The molecule has 2 unspecified atom stereocenters. The van der Waals surface area contributed by atoms with Crippen LogP contribution in [-0.2, 0) is 0 Å². The van der Waals surface area contributed by atoms with Crippen LogP contribution in [0.15, 0.2) is 0 Å². The van der Waals surface area contributed by atoms with E-state index in [-0.39, 0.29) is 0 Å². The van der Waals surface area contributed by atoms with E-state index in [1.807, 2.05) is 0 Å². The van der Waals surface area contributed by atoms with Gasteiger partial charge in [-0.05, 0) is 43.6 Å². The van der Waals surface area contributed by atoms with Crippen LogP contribution in [0.5, 0.6) is 0 Å².